The SMILES string of the molecule is C=C(C)C(=O)CCCCOCCOCCCNC(=O)C(=C)C.C=C(C)C(=O)CCCNC(=O)C(=C)C.C=C(C)C(=O)CCCOCCOCCNC(=O)C(=C)C.C=C(C)C(=O)NCCCNC(=O)C(=C)C.C=C(C)C(=O)NCCOCCNC(=O)C(=C)C.C=C(C)C(=O)NCCOCCOCCOCCNC(=O)C(=C)C.C=C(C)C(=O)NCNC(=O)C(=C)C.C=C(C)C(=O)OCCCCOC(=O)C(=C)C. The van der Waals surface area contributed by atoms with Gasteiger partial charge in [0.05, 0.1) is 106 Å². The van der Waals surface area contributed by atoms with E-state index >= 15 is 0 Å². The smallest absolute Gasteiger partial charge is 0.333 e. The number of rotatable bonds is 71. The van der Waals surface area contributed by atoms with Crippen molar-refractivity contribution in [3.63, 3.8) is 0 Å². The molecule has 11 amide bonds. The van der Waals surface area contributed by atoms with Crippen molar-refractivity contribution in [1.29, 1.82) is 0 Å². The third kappa shape index (κ3) is 106. The molecule has 0 radical (unpaired) electrons. The summed E-state index contributed by atoms with van der Waals surface area (Å²) < 4.78 is 52.2. The second-order valence-electron chi connectivity index (χ2n) is 31.5. The van der Waals surface area contributed by atoms with E-state index in [-0.39, 0.29) is 101 Å². The lowest BCUT2D eigenvalue weighted by atomic mass is 10.1. The number of carbonyl (C=O) groups is 16. The molecular formula is C103H169N11O26. The second kappa shape index (κ2) is 96.9. The Morgan fingerprint density at radius 2 is 0.329 bits per heavy atom. The average Bonchev–Trinajstić information content (AvgIpc) is 0.989. The van der Waals surface area contributed by atoms with E-state index in [0.717, 1.165) is 19.3 Å². The van der Waals surface area contributed by atoms with Crippen molar-refractivity contribution in [1.82, 2.24) is 58.5 Å². The van der Waals surface area contributed by atoms with Gasteiger partial charge in [-0.3, -0.25) is 67.1 Å². The van der Waals surface area contributed by atoms with Crippen molar-refractivity contribution in [3.8, 4) is 0 Å². The molecule has 11 N–H and O–H groups in total. The lowest BCUT2D eigenvalue weighted by molar-refractivity contribution is -0.141. The van der Waals surface area contributed by atoms with E-state index in [0.29, 0.717) is 318 Å². The summed E-state index contributed by atoms with van der Waals surface area (Å²) in [6, 6.07) is 0. The highest BCUT2D eigenvalue weighted by atomic mass is 16.6. The molecule has 0 aliphatic carbocycles. The molecule has 0 aliphatic rings. The van der Waals surface area contributed by atoms with E-state index in [2.05, 4.69) is 164 Å². The summed E-state index contributed by atoms with van der Waals surface area (Å²) in [5, 5.41) is 28.9. The highest BCUT2D eigenvalue weighted by Gasteiger charge is 2.12. The zero-order valence-corrected chi connectivity index (χ0v) is 87.0. The molecular weight excluding hydrogens is 1810 g/mol. The Bertz CT molecular complexity index is 3790. The number of carbonyl (C=O) groups excluding carboxylic acids is 16. The van der Waals surface area contributed by atoms with Crippen LogP contribution in [0.3, 0.4) is 0 Å². The van der Waals surface area contributed by atoms with Gasteiger partial charge in [0.1, 0.15) is 0 Å². The number of Topliss-reactive ketones (excluding diaryl/α,β-unsaturated/α-hetero) is 3. The first-order valence-corrected chi connectivity index (χ1v) is 45.7. The number of hydrogen-bond donors (Lipinski definition) is 11. The molecule has 0 aromatic heterocycles. The summed E-state index contributed by atoms with van der Waals surface area (Å²) in [6.07, 6.45) is 7.26. The van der Waals surface area contributed by atoms with Gasteiger partial charge in [0, 0.05) is 170 Å². The monoisotopic (exact) mass is 1980 g/mol. The predicted molar refractivity (Wildman–Crippen MR) is 550 cm³/mol. The maximum absolute atomic E-state index is 11.3. The minimum Gasteiger partial charge on any atom is -0.462 e. The minimum absolute atomic E-state index is 0.0505. The van der Waals surface area contributed by atoms with Crippen LogP contribution in [0.25, 0.3) is 0 Å². The van der Waals surface area contributed by atoms with Crippen LogP contribution in [0.1, 0.15) is 181 Å². The van der Waals surface area contributed by atoms with Gasteiger partial charge in [0.15, 0.2) is 17.3 Å². The first-order chi connectivity index (χ1) is 65.6. The van der Waals surface area contributed by atoms with Crippen LogP contribution in [-0.4, -0.2) is 279 Å². The molecule has 0 aliphatic heterocycles. The van der Waals surface area contributed by atoms with Crippen LogP contribution < -0.4 is 58.5 Å². The summed E-state index contributed by atoms with van der Waals surface area (Å²) in [5.74, 6) is -2.50. The molecule has 0 rings (SSSR count). The maximum atomic E-state index is 11.3. The number of ketones is 3. The fourth-order valence-electron chi connectivity index (χ4n) is 7.90. The number of amides is 11. The van der Waals surface area contributed by atoms with E-state index in [1.54, 1.807) is 111 Å². The van der Waals surface area contributed by atoms with Gasteiger partial charge in [-0.25, -0.2) is 9.59 Å². The van der Waals surface area contributed by atoms with Crippen LogP contribution in [0.4, 0.5) is 0 Å². The molecule has 140 heavy (non-hydrogen) atoms. The number of hydrogen-bond acceptors (Lipinski definition) is 26. The Morgan fingerprint density at radius 3 is 0.564 bits per heavy atom. The van der Waals surface area contributed by atoms with Gasteiger partial charge in [-0.1, -0.05) is 105 Å². The Labute approximate surface area is 833 Å². The second-order valence-corrected chi connectivity index (χ2v) is 31.5. The fraction of sp³-hybridized carbons (Fsp3) is 0.534. The summed E-state index contributed by atoms with van der Waals surface area (Å²) in [7, 11) is 0. The molecule has 0 aromatic rings. The van der Waals surface area contributed by atoms with Gasteiger partial charge in [-0.15, -0.1) is 0 Å². The largest absolute Gasteiger partial charge is 0.462 e. The summed E-state index contributed by atoms with van der Waals surface area (Å²) in [6.45, 7) is 95.5. The van der Waals surface area contributed by atoms with Crippen molar-refractivity contribution in [2.45, 2.75) is 181 Å². The van der Waals surface area contributed by atoms with Gasteiger partial charge >= 0.3 is 11.9 Å². The van der Waals surface area contributed by atoms with Crippen LogP contribution in [0.15, 0.2) is 194 Å². The lowest BCUT2D eigenvalue weighted by Crippen LogP contribution is -2.37. The highest BCUT2D eigenvalue weighted by molar-refractivity contribution is 5.98. The summed E-state index contributed by atoms with van der Waals surface area (Å²) in [4.78, 5) is 177. The van der Waals surface area contributed by atoms with Crippen molar-refractivity contribution in [3.05, 3.63) is 194 Å². The zero-order valence-electron chi connectivity index (χ0n) is 87.0. The molecule has 0 aromatic carbocycles. The predicted octanol–water partition coefficient (Wildman–Crippen LogP) is 9.56. The number of ether oxygens (including phenoxy) is 10. The molecule has 0 atom stereocenters. The molecule has 792 valence electrons. The van der Waals surface area contributed by atoms with E-state index < -0.39 is 0 Å². The van der Waals surface area contributed by atoms with E-state index in [1.165, 1.54) is 0 Å². The Morgan fingerprint density at radius 1 is 0.157 bits per heavy atom. The molecule has 0 saturated carbocycles. The topological polar surface area (TPSA) is 498 Å². The third-order valence-corrected chi connectivity index (χ3v) is 16.2. The number of nitrogens with one attached hydrogen (secondary N) is 11. The van der Waals surface area contributed by atoms with Crippen LogP contribution in [0.5, 0.6) is 0 Å². The Kier molecular flexibility index (Phi) is 99.0. The quantitative estimate of drug-likeness (QED) is 0.0117. The van der Waals surface area contributed by atoms with Gasteiger partial charge in [-0.05, 0) is 179 Å². The number of unbranched alkanes of at least 4 members (excludes halogenated alkanes) is 2. The first-order valence-electron chi connectivity index (χ1n) is 45.7. The van der Waals surface area contributed by atoms with Crippen molar-refractivity contribution < 1.29 is 124 Å². The highest BCUT2D eigenvalue weighted by Crippen LogP contribution is 2.06. The van der Waals surface area contributed by atoms with Crippen molar-refractivity contribution in [2.75, 3.05) is 184 Å². The maximum Gasteiger partial charge on any atom is 0.333 e. The Balaban J connectivity index is -0.000000239. The van der Waals surface area contributed by atoms with Crippen LogP contribution in [-0.2, 0) is 124 Å². The van der Waals surface area contributed by atoms with Crippen LogP contribution >= 0.6 is 0 Å². The normalized spacial score (nSPS) is 9.69. The molecule has 0 unspecified atom stereocenters. The standard InChI is InChI=1S/C17H29NO4.C16H28N2O5.C15H25NO4.C12H20N2O3.C12H18O4.C11H18N2O2.C11H17NO2.C9H14N2O2/c1-14(2)16(19)8-5-6-10-21-12-13-22-11-7-9-18-17(20)15(3)4;1-13(2)15(19)17-5-7-21-9-11-23-12-10-22-8-6-18-16(20)14(3)4;1-12(2)14(17)6-5-8-19-10-11-20-9-7-16-15(18)13(3)4;1-9(2)11(15)13-5-7-17-8-6-14-12(16)10(3)4;1-9(2)11(13)15-7-5-6-8-16-12(14)10(3)4;1-8(2)10(14)12-6-5-7-13-11(15)9(3)4;1-8(2)10(13)6-5-7-12-11(14)9(3)4;1-6(2)8(12)10-5-11-9(13)7(3)4/h1,3,5-13H2,2,4H3,(H,18,20);1,3,5-12H2,2,4H3,(H,17,19)(H,18,20);1,3,5-11H2,2,4H3,(H,16,18);1,3,5-8H2,2,4H3,(H,13,15)(H,14,16);1,3,5-8H2,2,4H3;1,3,5-7H2,2,4H3,(H,12,14)(H,13,15);1,3,5-7H2,2,4H3,(H,12,14);1,3,5H2,2,4H3,(H,10,12)(H,11,13). The molecule has 0 bridgehead atoms. The summed E-state index contributed by atoms with van der Waals surface area (Å²) in [5.41, 5.74) is 7.71. The minimum atomic E-state index is -0.390. The van der Waals surface area contributed by atoms with E-state index in [4.69, 9.17) is 47.4 Å². The first kappa shape index (κ1) is 143. The molecule has 0 spiro atoms. The van der Waals surface area contributed by atoms with E-state index in [9.17, 15) is 76.7 Å². The van der Waals surface area contributed by atoms with Crippen LogP contribution in [0.2, 0.25) is 0 Å². The van der Waals surface area contributed by atoms with Gasteiger partial charge in [0.25, 0.3) is 0 Å². The van der Waals surface area contributed by atoms with Gasteiger partial charge < -0.3 is 106 Å². The van der Waals surface area contributed by atoms with Gasteiger partial charge in [-0.2, -0.15) is 0 Å². The lowest BCUT2D eigenvalue weighted by Gasteiger charge is -2.08. The number of esters is 2. The van der Waals surface area contributed by atoms with Crippen molar-refractivity contribution in [2.24, 2.45) is 0 Å². The molecule has 0 saturated heterocycles. The average molecular weight is 1980 g/mol. The molecule has 37 nitrogen and oxygen atoms in total. The molecule has 0 heterocycles. The third-order valence-electron chi connectivity index (χ3n) is 16.2. The molecule has 37 heteroatoms. The zero-order chi connectivity index (χ0) is 109. The van der Waals surface area contributed by atoms with Crippen LogP contribution in [0, 0.1) is 0 Å². The fourth-order valence-corrected chi connectivity index (χ4v) is 7.90. The molecule has 0 fully saturated rings. The van der Waals surface area contributed by atoms with E-state index in [1.807, 2.05) is 0 Å². The van der Waals surface area contributed by atoms with Crippen molar-refractivity contribution >= 4 is 94.3 Å². The Hall–Kier alpha value is -12.4. The van der Waals surface area contributed by atoms with Gasteiger partial charge in [0.2, 0.25) is 65.0 Å². The summed E-state index contributed by atoms with van der Waals surface area (Å²) >= 11 is 0. The number of allylic oxidation sites excluding steroid dienone is 3.